The Bertz CT molecular complexity index is 123. The monoisotopic (exact) mass is 154 g/mol. The van der Waals surface area contributed by atoms with Crippen LogP contribution >= 0.6 is 0 Å². The van der Waals surface area contributed by atoms with Crippen molar-refractivity contribution in [2.24, 2.45) is 5.92 Å². The van der Waals surface area contributed by atoms with Gasteiger partial charge in [-0.25, -0.2) is 0 Å². The highest BCUT2D eigenvalue weighted by Crippen LogP contribution is 2.14. The highest BCUT2D eigenvalue weighted by atomic mass is 16.1. The molecule has 1 heteroatoms. The van der Waals surface area contributed by atoms with E-state index in [1.54, 1.807) is 0 Å². The van der Waals surface area contributed by atoms with E-state index in [9.17, 15) is 4.79 Å². The maximum Gasteiger partial charge on any atom is 0.155 e. The molecular weight excluding hydrogens is 136 g/mol. The summed E-state index contributed by atoms with van der Waals surface area (Å²) in [5.41, 5.74) is 0. The number of carbonyl (C=O) groups is 1. The van der Waals surface area contributed by atoms with Gasteiger partial charge in [0.25, 0.3) is 0 Å². The van der Waals surface area contributed by atoms with Crippen molar-refractivity contribution in [2.45, 2.75) is 39.5 Å². The lowest BCUT2D eigenvalue weighted by atomic mass is 9.96. The van der Waals surface area contributed by atoms with E-state index in [0.29, 0.717) is 6.42 Å². The molecule has 0 saturated carbocycles. The fourth-order valence-corrected chi connectivity index (χ4v) is 1.15. The quantitative estimate of drug-likeness (QED) is 0.537. The minimum Gasteiger partial charge on any atom is -0.295 e. The summed E-state index contributed by atoms with van der Waals surface area (Å²) in [5.74, 6) is 0.899. The van der Waals surface area contributed by atoms with Crippen LogP contribution in [-0.4, -0.2) is 5.78 Å². The van der Waals surface area contributed by atoms with E-state index in [4.69, 9.17) is 0 Å². The molecule has 0 fully saturated rings. The number of allylic oxidation sites excluding steroid dienone is 1. The van der Waals surface area contributed by atoms with Gasteiger partial charge in [0.05, 0.1) is 0 Å². The van der Waals surface area contributed by atoms with Gasteiger partial charge in [-0.05, 0) is 18.4 Å². The molecule has 11 heavy (non-hydrogen) atoms. The highest BCUT2D eigenvalue weighted by molar-refractivity contribution is 5.88. The molecule has 0 bridgehead atoms. The van der Waals surface area contributed by atoms with Crippen LogP contribution in [0.1, 0.15) is 39.5 Å². The van der Waals surface area contributed by atoms with Gasteiger partial charge in [0.2, 0.25) is 0 Å². The summed E-state index contributed by atoms with van der Waals surface area (Å²) in [6, 6.07) is 0. The molecule has 0 radical (unpaired) electrons. The molecule has 1 nitrogen and oxygen atoms in total. The molecular formula is C10H18O. The first-order valence-corrected chi connectivity index (χ1v) is 4.39. The van der Waals surface area contributed by atoms with Gasteiger partial charge >= 0.3 is 0 Å². The maximum absolute atomic E-state index is 10.8. The van der Waals surface area contributed by atoms with Crippen molar-refractivity contribution < 1.29 is 4.79 Å². The summed E-state index contributed by atoms with van der Waals surface area (Å²) in [6.07, 6.45) is 5.48. The zero-order valence-corrected chi connectivity index (χ0v) is 7.60. The predicted octanol–water partition coefficient (Wildman–Crippen LogP) is 2.96. The third-order valence-corrected chi connectivity index (χ3v) is 2.18. The van der Waals surface area contributed by atoms with Crippen LogP contribution in [0.2, 0.25) is 0 Å². The van der Waals surface area contributed by atoms with Gasteiger partial charge in [-0.3, -0.25) is 4.79 Å². The van der Waals surface area contributed by atoms with E-state index in [0.717, 1.165) is 12.3 Å². The van der Waals surface area contributed by atoms with Gasteiger partial charge < -0.3 is 0 Å². The van der Waals surface area contributed by atoms with E-state index in [2.05, 4.69) is 20.4 Å². The van der Waals surface area contributed by atoms with Crippen LogP contribution in [0.3, 0.4) is 0 Å². The number of hydrogen-bond acceptors (Lipinski definition) is 1. The third kappa shape index (κ3) is 4.77. The SMILES string of the molecule is C=CC(=O)CCC(CC)CC. The van der Waals surface area contributed by atoms with Gasteiger partial charge in [-0.1, -0.05) is 33.3 Å². The minimum atomic E-state index is 0.178. The molecule has 0 spiro atoms. The largest absolute Gasteiger partial charge is 0.295 e. The fourth-order valence-electron chi connectivity index (χ4n) is 1.15. The van der Waals surface area contributed by atoms with Crippen LogP contribution in [0.4, 0.5) is 0 Å². The Hall–Kier alpha value is -0.590. The van der Waals surface area contributed by atoms with Crippen LogP contribution in [0.15, 0.2) is 12.7 Å². The maximum atomic E-state index is 10.8. The average Bonchev–Trinajstić information content (AvgIpc) is 2.06. The Morgan fingerprint density at radius 1 is 1.45 bits per heavy atom. The molecule has 0 aliphatic carbocycles. The van der Waals surface area contributed by atoms with Crippen molar-refractivity contribution in [1.82, 2.24) is 0 Å². The molecule has 0 rings (SSSR count). The van der Waals surface area contributed by atoms with Gasteiger partial charge in [-0.15, -0.1) is 0 Å². The number of rotatable bonds is 6. The Labute approximate surface area is 69.5 Å². The molecule has 0 saturated heterocycles. The lowest BCUT2D eigenvalue weighted by Crippen LogP contribution is -2.00. The van der Waals surface area contributed by atoms with E-state index in [1.807, 2.05) is 0 Å². The standard InChI is InChI=1S/C10H18O/c1-4-9(5-2)7-8-10(11)6-3/h6,9H,3-5,7-8H2,1-2H3. The number of carbonyl (C=O) groups excluding carboxylic acids is 1. The van der Waals surface area contributed by atoms with E-state index >= 15 is 0 Å². The first kappa shape index (κ1) is 10.4. The first-order valence-electron chi connectivity index (χ1n) is 4.39. The normalized spacial score (nSPS) is 10.1. The van der Waals surface area contributed by atoms with Crippen molar-refractivity contribution in [3.63, 3.8) is 0 Å². The molecule has 0 heterocycles. The van der Waals surface area contributed by atoms with Crippen LogP contribution < -0.4 is 0 Å². The molecule has 0 N–H and O–H groups in total. The van der Waals surface area contributed by atoms with Crippen LogP contribution in [0.5, 0.6) is 0 Å². The van der Waals surface area contributed by atoms with Crippen molar-refractivity contribution >= 4 is 5.78 Å². The van der Waals surface area contributed by atoms with Crippen LogP contribution in [-0.2, 0) is 4.79 Å². The Morgan fingerprint density at radius 3 is 2.36 bits per heavy atom. The smallest absolute Gasteiger partial charge is 0.155 e. The van der Waals surface area contributed by atoms with E-state index in [-0.39, 0.29) is 5.78 Å². The van der Waals surface area contributed by atoms with Crippen LogP contribution in [0, 0.1) is 5.92 Å². The topological polar surface area (TPSA) is 17.1 Å². The zero-order chi connectivity index (χ0) is 8.69. The van der Waals surface area contributed by atoms with Crippen molar-refractivity contribution in [3.05, 3.63) is 12.7 Å². The van der Waals surface area contributed by atoms with Crippen molar-refractivity contribution in [2.75, 3.05) is 0 Å². The Kier molecular flexibility index (Phi) is 5.81. The minimum absolute atomic E-state index is 0.178. The van der Waals surface area contributed by atoms with Gasteiger partial charge in [-0.2, -0.15) is 0 Å². The summed E-state index contributed by atoms with van der Waals surface area (Å²) in [5, 5.41) is 0. The van der Waals surface area contributed by atoms with Gasteiger partial charge in [0.1, 0.15) is 0 Å². The molecule has 0 aliphatic rings. The second kappa shape index (κ2) is 6.14. The summed E-state index contributed by atoms with van der Waals surface area (Å²) in [4.78, 5) is 10.8. The zero-order valence-electron chi connectivity index (χ0n) is 7.60. The van der Waals surface area contributed by atoms with Crippen molar-refractivity contribution in [3.8, 4) is 0 Å². The second-order valence-electron chi connectivity index (χ2n) is 2.89. The van der Waals surface area contributed by atoms with Gasteiger partial charge in [0.15, 0.2) is 5.78 Å². The first-order chi connectivity index (χ1) is 5.24. The average molecular weight is 154 g/mol. The molecule has 0 aromatic heterocycles. The fraction of sp³-hybridized carbons (Fsp3) is 0.700. The number of hydrogen-bond donors (Lipinski definition) is 0. The molecule has 0 aromatic rings. The molecule has 64 valence electrons. The summed E-state index contributed by atoms with van der Waals surface area (Å²) >= 11 is 0. The molecule has 0 amide bonds. The molecule has 0 atom stereocenters. The lowest BCUT2D eigenvalue weighted by molar-refractivity contribution is -0.114. The third-order valence-electron chi connectivity index (χ3n) is 2.18. The Morgan fingerprint density at radius 2 is 2.00 bits per heavy atom. The summed E-state index contributed by atoms with van der Waals surface area (Å²) < 4.78 is 0. The van der Waals surface area contributed by atoms with Crippen molar-refractivity contribution in [1.29, 1.82) is 0 Å². The highest BCUT2D eigenvalue weighted by Gasteiger charge is 2.04. The van der Waals surface area contributed by atoms with Crippen LogP contribution in [0.25, 0.3) is 0 Å². The lowest BCUT2D eigenvalue weighted by Gasteiger charge is -2.09. The van der Waals surface area contributed by atoms with E-state index in [1.165, 1.54) is 18.9 Å². The Balaban J connectivity index is 3.49. The second-order valence-corrected chi connectivity index (χ2v) is 2.89. The van der Waals surface area contributed by atoms with E-state index < -0.39 is 0 Å². The molecule has 0 unspecified atom stereocenters. The summed E-state index contributed by atoms with van der Waals surface area (Å²) in [6.45, 7) is 7.79. The molecule has 0 aromatic carbocycles. The predicted molar refractivity (Wildman–Crippen MR) is 48.5 cm³/mol. The van der Waals surface area contributed by atoms with Gasteiger partial charge in [0, 0.05) is 6.42 Å². The summed E-state index contributed by atoms with van der Waals surface area (Å²) in [7, 11) is 0. The molecule has 0 aliphatic heterocycles. The number of ketones is 1.